The third-order valence-corrected chi connectivity index (χ3v) is 10.9. The molecule has 3 heterocycles. The monoisotopic (exact) mass is 934 g/mol. The maximum Gasteiger partial charge on any atom is 0.345 e. The van der Waals surface area contributed by atoms with E-state index in [1.807, 2.05) is 99.3 Å². The highest BCUT2D eigenvalue weighted by Gasteiger charge is 2.27. The lowest BCUT2D eigenvalue weighted by Crippen LogP contribution is -2.07. The van der Waals surface area contributed by atoms with Crippen molar-refractivity contribution in [2.75, 3.05) is 6.26 Å². The summed E-state index contributed by atoms with van der Waals surface area (Å²) in [7, 11) is -3.38. The summed E-state index contributed by atoms with van der Waals surface area (Å²) < 4.78 is 34.0. The first kappa shape index (κ1) is 42.3. The zero-order valence-electron chi connectivity index (χ0n) is 30.7. The number of halogens is 4. The molecule has 10 nitrogen and oxygen atoms in total. The summed E-state index contributed by atoms with van der Waals surface area (Å²) in [6.45, 7) is 14.6. The smallest absolute Gasteiger partial charge is 0.345 e. The Bertz CT molecular complexity index is 2650. The average molecular weight is 938 g/mol. The van der Waals surface area contributed by atoms with Crippen molar-refractivity contribution in [3.63, 3.8) is 0 Å². The second-order valence-electron chi connectivity index (χ2n) is 12.5. The van der Waals surface area contributed by atoms with Gasteiger partial charge >= 0.3 is 5.37 Å². The minimum absolute atomic E-state index is 0.451. The minimum atomic E-state index is -3.38. The fourth-order valence-corrected chi connectivity index (χ4v) is 7.59. The number of aryl methyl sites for hydroxylation is 4. The van der Waals surface area contributed by atoms with E-state index in [9.17, 15) is 13.2 Å². The van der Waals surface area contributed by atoms with Crippen molar-refractivity contribution in [3.05, 3.63) is 168 Å². The Morgan fingerprint density at radius 3 is 1.80 bits per heavy atom. The first-order valence-corrected chi connectivity index (χ1v) is 21.0. The summed E-state index contributed by atoms with van der Waals surface area (Å²) in [5, 5.41) is 0.0807. The van der Waals surface area contributed by atoms with Crippen molar-refractivity contribution >= 4 is 71.2 Å². The van der Waals surface area contributed by atoms with Gasteiger partial charge in [0.15, 0.2) is 18.4 Å². The number of benzene rings is 4. The number of imidazole rings is 2. The van der Waals surface area contributed by atoms with Crippen LogP contribution >= 0.6 is 55.1 Å². The Balaban J connectivity index is 0.000000172. The van der Waals surface area contributed by atoms with Gasteiger partial charge in [0.2, 0.25) is 9.84 Å². The van der Waals surface area contributed by atoms with E-state index >= 15 is 0 Å². The van der Waals surface area contributed by atoms with Crippen LogP contribution < -0.4 is 0 Å². The molecule has 3 aromatic heterocycles. The molecule has 0 aliphatic carbocycles. The summed E-state index contributed by atoms with van der Waals surface area (Å²) in [6.07, 6.45) is 7.31. The Morgan fingerprint density at radius 1 is 0.786 bits per heavy atom. The molecular formula is C41H34Br2Cl2N6O4S. The van der Waals surface area contributed by atoms with Gasteiger partial charge in [-0.05, 0) is 100 Å². The molecule has 1 atom stereocenters. The zero-order chi connectivity index (χ0) is 40.7. The molecule has 7 aromatic rings. The molecule has 0 aliphatic heterocycles. The van der Waals surface area contributed by atoms with Crippen molar-refractivity contribution in [3.8, 4) is 34.0 Å². The number of carbonyl (C=O) groups excluding carboxylic acids is 1. The molecule has 0 saturated heterocycles. The van der Waals surface area contributed by atoms with Gasteiger partial charge in [-0.2, -0.15) is 0 Å². The van der Waals surface area contributed by atoms with Crippen molar-refractivity contribution in [1.82, 2.24) is 24.1 Å². The quantitative estimate of drug-likeness (QED) is 0.115. The first-order chi connectivity index (χ1) is 26.6. The van der Waals surface area contributed by atoms with Crippen molar-refractivity contribution < 1.29 is 17.6 Å². The van der Waals surface area contributed by atoms with Crippen LogP contribution in [0.25, 0.3) is 38.8 Å². The van der Waals surface area contributed by atoms with Crippen LogP contribution in [0, 0.1) is 34.3 Å². The van der Waals surface area contributed by atoms with Crippen LogP contribution in [0.3, 0.4) is 0 Å². The van der Waals surface area contributed by atoms with Gasteiger partial charge in [-0.25, -0.2) is 29.9 Å². The number of nitrogens with zero attached hydrogens (tertiary/aromatic N) is 6. The van der Waals surface area contributed by atoms with Gasteiger partial charge in [-0.15, -0.1) is 0 Å². The van der Waals surface area contributed by atoms with Gasteiger partial charge in [-0.3, -0.25) is 9.64 Å². The molecule has 0 radical (unpaired) electrons. The summed E-state index contributed by atoms with van der Waals surface area (Å²) >= 11 is 18.6. The Hall–Kier alpha value is -4.84. The number of aromatic nitrogens is 5. The Morgan fingerprint density at radius 2 is 1.30 bits per heavy atom. The highest BCUT2D eigenvalue weighted by molar-refractivity contribution is 9.10. The van der Waals surface area contributed by atoms with Gasteiger partial charge < -0.3 is 13.6 Å². The summed E-state index contributed by atoms with van der Waals surface area (Å²) in [5.41, 5.74) is 7.50. The van der Waals surface area contributed by atoms with Crippen LogP contribution in [-0.4, -0.2) is 45.0 Å². The topological polar surface area (TPSA) is 117 Å². The fraction of sp³-hybridized carbons (Fsp3) is 0.146. The van der Waals surface area contributed by atoms with Crippen molar-refractivity contribution in [2.45, 2.75) is 33.1 Å². The van der Waals surface area contributed by atoms with E-state index in [1.165, 1.54) is 6.39 Å². The number of rotatable bonds is 7. The van der Waals surface area contributed by atoms with Gasteiger partial charge in [0.25, 0.3) is 0 Å². The van der Waals surface area contributed by atoms with Crippen molar-refractivity contribution in [2.24, 2.45) is 0 Å². The van der Waals surface area contributed by atoms with Crippen LogP contribution in [0.1, 0.15) is 44.3 Å². The van der Waals surface area contributed by atoms with E-state index in [0.717, 1.165) is 72.7 Å². The van der Waals surface area contributed by atoms with Gasteiger partial charge in [0.05, 0.1) is 22.8 Å². The molecule has 0 N–H and O–H groups in total. The molecular weight excluding hydrogens is 903 g/mol. The van der Waals surface area contributed by atoms with Crippen LogP contribution in [-0.2, 0) is 9.84 Å². The lowest BCUT2D eigenvalue weighted by atomic mass is 10.0. The maximum atomic E-state index is 11.2. The van der Waals surface area contributed by atoms with Gasteiger partial charge in [-0.1, -0.05) is 67.2 Å². The zero-order valence-corrected chi connectivity index (χ0v) is 36.2. The van der Waals surface area contributed by atoms with Crippen LogP contribution in [0.15, 0.2) is 117 Å². The number of aldehydes is 1. The van der Waals surface area contributed by atoms with Crippen LogP contribution in [0.2, 0.25) is 10.0 Å². The molecule has 0 amide bonds. The molecule has 7 rings (SSSR count). The minimum Gasteiger partial charge on any atom is -0.443 e. The van der Waals surface area contributed by atoms with Gasteiger partial charge in [0, 0.05) is 59.9 Å². The van der Waals surface area contributed by atoms with E-state index in [1.54, 1.807) is 30.3 Å². The third-order valence-electron chi connectivity index (χ3n) is 8.21. The molecule has 1 unspecified atom stereocenters. The predicted octanol–water partition coefficient (Wildman–Crippen LogP) is 11.6. The molecule has 0 bridgehead atoms. The summed E-state index contributed by atoms with van der Waals surface area (Å²) in [6, 6.07) is 25.5. The van der Waals surface area contributed by atoms with Crippen molar-refractivity contribution in [1.29, 1.82) is 0 Å². The largest absolute Gasteiger partial charge is 0.443 e. The third kappa shape index (κ3) is 10.3. The first-order valence-electron chi connectivity index (χ1n) is 16.7. The van der Waals surface area contributed by atoms with Gasteiger partial charge in [0.1, 0.15) is 17.3 Å². The molecule has 0 spiro atoms. The fourth-order valence-electron chi connectivity index (χ4n) is 5.76. The number of sulfone groups is 1. The van der Waals surface area contributed by atoms with E-state index in [0.29, 0.717) is 26.9 Å². The Labute approximate surface area is 352 Å². The molecule has 0 saturated carbocycles. The van der Waals surface area contributed by atoms with E-state index in [-0.39, 0.29) is 0 Å². The summed E-state index contributed by atoms with van der Waals surface area (Å²) in [4.78, 5) is 27.4. The second kappa shape index (κ2) is 18.4. The summed E-state index contributed by atoms with van der Waals surface area (Å²) in [5.74, 6) is 2.50. The number of hydrogen-bond acceptors (Lipinski definition) is 7. The predicted molar refractivity (Wildman–Crippen MR) is 228 cm³/mol. The van der Waals surface area contributed by atoms with E-state index < -0.39 is 15.2 Å². The lowest BCUT2D eigenvalue weighted by Gasteiger charge is -2.12. The SMILES string of the molecule is Cc1cn(-c2ccc(Br)cc2-c2ocnc2-c2ccc(Cl)cc2)c(C)n1.Cc1cn(-c2ccc(Br)cc2C=O)c(C)n1.[C-]#[N+]C(c1ccc(Cl)cc1)S(C)(=O)=O. The normalized spacial score (nSPS) is 11.4. The number of carbonyl (C=O) groups is 1. The van der Waals surface area contributed by atoms with Crippen LogP contribution in [0.5, 0.6) is 0 Å². The molecule has 56 heavy (non-hydrogen) atoms. The second-order valence-corrected chi connectivity index (χ2v) is 17.3. The highest BCUT2D eigenvalue weighted by atomic mass is 79.9. The van der Waals surface area contributed by atoms with E-state index in [4.69, 9.17) is 34.2 Å². The number of oxazole rings is 1. The van der Waals surface area contributed by atoms with Crippen LogP contribution in [0.4, 0.5) is 0 Å². The molecule has 0 aliphatic rings. The maximum absolute atomic E-state index is 11.2. The standard InChI is InChI=1S/C20H15BrClN3O.C12H11BrN2O.C9H8ClNO2S/c1-12-10-25(13(2)24-12)18-8-5-15(21)9-17(18)20-19(23-11-26-20)14-3-6-16(22)7-4-14;1-8-6-15(9(2)14-8)12-4-3-11(13)5-10(12)7-16;1-11-9(14(2,12)13)7-3-5-8(10)6-4-7/h3-11H,1-2H3;3-7H,1-2H3;3-6,9H,2H3. The lowest BCUT2D eigenvalue weighted by molar-refractivity contribution is 0.112. The number of hydrogen-bond donors (Lipinski definition) is 0. The molecule has 15 heteroatoms. The Kier molecular flexibility index (Phi) is 13.9. The molecule has 4 aromatic carbocycles. The molecule has 286 valence electrons. The average Bonchev–Trinajstić information content (AvgIpc) is 3.87. The molecule has 0 fully saturated rings. The highest BCUT2D eigenvalue weighted by Crippen LogP contribution is 2.37. The van der Waals surface area contributed by atoms with E-state index in [2.05, 4.69) is 56.2 Å².